The Morgan fingerprint density at radius 1 is 0.667 bits per heavy atom. The molecule has 7 nitrogen and oxygen atoms in total. The van der Waals surface area contributed by atoms with Gasteiger partial charge in [-0.1, -0.05) is 81.7 Å². The van der Waals surface area contributed by atoms with Crippen molar-refractivity contribution in [2.45, 2.75) is 90.9 Å². The van der Waals surface area contributed by atoms with Gasteiger partial charge in [0.1, 0.15) is 11.5 Å². The van der Waals surface area contributed by atoms with Crippen molar-refractivity contribution in [2.75, 3.05) is 0 Å². The molecule has 0 atom stereocenters. The second-order valence-corrected chi connectivity index (χ2v) is 10.8. The highest BCUT2D eigenvalue weighted by Crippen LogP contribution is 2.29. The molecule has 9 heteroatoms. The number of rotatable bonds is 13. The summed E-state index contributed by atoms with van der Waals surface area (Å²) in [6, 6.07) is 4.33. The predicted molar refractivity (Wildman–Crippen MR) is 116 cm³/mol. The lowest BCUT2D eigenvalue weighted by Gasteiger charge is -2.14. The van der Waals surface area contributed by atoms with Crippen LogP contribution in [0.1, 0.15) is 90.0 Å². The van der Waals surface area contributed by atoms with Crippen LogP contribution in [0, 0.1) is 5.92 Å². The standard InChI is InChI=1S/C21H34O7S2/c1-18(2)13-11-9-7-5-3-4-6-8-10-12-14-19-15-20-17-21(16-19)27-30(24,25)28-29(22,23)26-20/h15-18H,3-14H2,1-2H3. The molecule has 30 heavy (non-hydrogen) atoms. The fraction of sp³-hybridized carbons (Fsp3) is 0.714. The van der Waals surface area contributed by atoms with E-state index in [1.54, 1.807) is 12.1 Å². The fourth-order valence-corrected chi connectivity index (χ4v) is 5.24. The van der Waals surface area contributed by atoms with Crippen LogP contribution in [-0.2, 0) is 30.8 Å². The van der Waals surface area contributed by atoms with E-state index in [-0.39, 0.29) is 11.5 Å². The Hall–Kier alpha value is -1.32. The predicted octanol–water partition coefficient (Wildman–Crippen LogP) is 5.45. The van der Waals surface area contributed by atoms with Gasteiger partial charge in [-0.2, -0.15) is 16.8 Å². The molecule has 0 spiro atoms. The molecule has 0 amide bonds. The Morgan fingerprint density at radius 2 is 1.10 bits per heavy atom. The molecule has 0 N–H and O–H groups in total. The smallest absolute Gasteiger partial charge is 0.361 e. The largest absolute Gasteiger partial charge is 0.466 e. The minimum absolute atomic E-state index is 0.0224. The normalized spacial score (nSPS) is 17.0. The summed E-state index contributed by atoms with van der Waals surface area (Å²) in [5.41, 5.74) is 0.760. The molecule has 2 bridgehead atoms. The van der Waals surface area contributed by atoms with Gasteiger partial charge in [0.25, 0.3) is 0 Å². The minimum Gasteiger partial charge on any atom is -0.361 e. The third kappa shape index (κ3) is 10.1. The van der Waals surface area contributed by atoms with Gasteiger partial charge in [0, 0.05) is 6.07 Å². The van der Waals surface area contributed by atoms with Crippen LogP contribution >= 0.6 is 0 Å². The van der Waals surface area contributed by atoms with Crippen LogP contribution < -0.4 is 8.37 Å². The molecule has 0 fully saturated rings. The molecule has 2 rings (SSSR count). The van der Waals surface area contributed by atoms with Gasteiger partial charge in [0.05, 0.1) is 0 Å². The molecule has 1 aliphatic heterocycles. The van der Waals surface area contributed by atoms with E-state index in [1.807, 2.05) is 0 Å². The second kappa shape index (κ2) is 11.9. The van der Waals surface area contributed by atoms with Crippen molar-refractivity contribution in [3.8, 4) is 11.5 Å². The fourth-order valence-electron chi connectivity index (χ4n) is 3.53. The zero-order valence-electron chi connectivity index (χ0n) is 18.0. The monoisotopic (exact) mass is 462 g/mol. The molecule has 0 radical (unpaired) electrons. The average Bonchev–Trinajstić information content (AvgIpc) is 2.59. The average molecular weight is 463 g/mol. The number of hydrogen-bond acceptors (Lipinski definition) is 7. The lowest BCUT2D eigenvalue weighted by Crippen LogP contribution is -2.24. The lowest BCUT2D eigenvalue weighted by atomic mass is 10.0. The van der Waals surface area contributed by atoms with Gasteiger partial charge in [-0.3, -0.25) is 0 Å². The Bertz CT molecular complexity index is 809. The Kier molecular flexibility index (Phi) is 9.90. The summed E-state index contributed by atoms with van der Waals surface area (Å²) in [4.78, 5) is 0. The van der Waals surface area contributed by atoms with Gasteiger partial charge in [-0.15, -0.1) is 0 Å². The Balaban J connectivity index is 1.64. The molecule has 1 heterocycles. The first-order valence-electron chi connectivity index (χ1n) is 10.9. The molecule has 0 aromatic heterocycles. The molecular formula is C21H34O7S2. The molecule has 0 saturated carbocycles. The van der Waals surface area contributed by atoms with Gasteiger partial charge >= 0.3 is 20.8 Å². The van der Waals surface area contributed by atoms with Crippen molar-refractivity contribution >= 4 is 20.8 Å². The van der Waals surface area contributed by atoms with E-state index >= 15 is 0 Å². The zero-order valence-corrected chi connectivity index (χ0v) is 19.6. The van der Waals surface area contributed by atoms with Crippen LogP contribution in [0.15, 0.2) is 18.2 Å². The molecule has 1 aromatic carbocycles. The van der Waals surface area contributed by atoms with Crippen molar-refractivity contribution in [3.63, 3.8) is 0 Å². The number of aryl methyl sites for hydroxylation is 1. The van der Waals surface area contributed by atoms with Gasteiger partial charge in [0.2, 0.25) is 0 Å². The quantitative estimate of drug-likeness (QED) is 0.359. The third-order valence-corrected chi connectivity index (χ3v) is 7.13. The van der Waals surface area contributed by atoms with Gasteiger partial charge in [0.15, 0.2) is 0 Å². The summed E-state index contributed by atoms with van der Waals surface area (Å²) in [5, 5.41) is 0. The van der Waals surface area contributed by atoms with Crippen molar-refractivity contribution in [2.24, 2.45) is 5.92 Å². The summed E-state index contributed by atoms with van der Waals surface area (Å²) in [7, 11) is -9.45. The molecule has 1 aromatic rings. The summed E-state index contributed by atoms with van der Waals surface area (Å²) in [5.74, 6) is 0.766. The second-order valence-electron chi connectivity index (χ2n) is 8.33. The maximum absolute atomic E-state index is 11.5. The van der Waals surface area contributed by atoms with Gasteiger partial charge in [-0.25, -0.2) is 0 Å². The zero-order chi connectivity index (χ0) is 22.0. The number of fused-ring (bicyclic) bond motifs is 2. The van der Waals surface area contributed by atoms with Gasteiger partial charge in [-0.05, 0) is 36.5 Å². The number of benzene rings is 1. The van der Waals surface area contributed by atoms with Gasteiger partial charge < -0.3 is 8.37 Å². The van der Waals surface area contributed by atoms with E-state index in [4.69, 9.17) is 0 Å². The van der Waals surface area contributed by atoms with E-state index in [0.29, 0.717) is 6.42 Å². The van der Waals surface area contributed by atoms with Crippen LogP contribution in [0.2, 0.25) is 0 Å². The van der Waals surface area contributed by atoms with Crippen LogP contribution in [0.3, 0.4) is 0 Å². The summed E-state index contributed by atoms with van der Waals surface area (Å²) in [6.45, 7) is 4.55. The highest BCUT2D eigenvalue weighted by Gasteiger charge is 2.30. The number of hydrogen-bond donors (Lipinski definition) is 0. The van der Waals surface area contributed by atoms with E-state index < -0.39 is 20.8 Å². The molecule has 0 saturated heterocycles. The third-order valence-electron chi connectivity index (χ3n) is 5.00. The SMILES string of the molecule is CC(C)CCCCCCCCCCCCc1cc2cc(c1)OS(=O)(=O)OS(=O)(=O)O2. The first-order chi connectivity index (χ1) is 14.2. The topological polar surface area (TPSA) is 96.0 Å². The summed E-state index contributed by atoms with van der Waals surface area (Å²) in [6.07, 6.45) is 14.3. The van der Waals surface area contributed by atoms with E-state index in [1.165, 1.54) is 57.4 Å². The van der Waals surface area contributed by atoms with Crippen LogP contribution in [0.25, 0.3) is 0 Å². The maximum Gasteiger partial charge on any atom is 0.466 e. The number of unbranched alkanes of at least 4 members (excludes halogenated alkanes) is 9. The minimum atomic E-state index is -4.73. The van der Waals surface area contributed by atoms with Crippen molar-refractivity contribution < 1.29 is 28.8 Å². The summed E-state index contributed by atoms with van der Waals surface area (Å²) >= 11 is 0. The molecule has 0 aliphatic carbocycles. The lowest BCUT2D eigenvalue weighted by molar-refractivity contribution is 0.344. The molecule has 172 valence electrons. The van der Waals surface area contributed by atoms with Crippen molar-refractivity contribution in [3.05, 3.63) is 23.8 Å². The first kappa shape index (κ1) is 24.9. The molecule has 1 aliphatic rings. The highest BCUT2D eigenvalue weighted by molar-refractivity contribution is 7.95. The maximum atomic E-state index is 11.5. The Morgan fingerprint density at radius 3 is 1.57 bits per heavy atom. The highest BCUT2D eigenvalue weighted by atomic mass is 32.3. The van der Waals surface area contributed by atoms with E-state index in [2.05, 4.69) is 25.8 Å². The van der Waals surface area contributed by atoms with Crippen molar-refractivity contribution in [1.29, 1.82) is 0 Å². The summed E-state index contributed by atoms with van der Waals surface area (Å²) < 4.78 is 59.4. The molecule has 0 unspecified atom stereocenters. The van der Waals surface area contributed by atoms with Crippen molar-refractivity contribution in [1.82, 2.24) is 0 Å². The van der Waals surface area contributed by atoms with Crippen LogP contribution in [-0.4, -0.2) is 16.8 Å². The first-order valence-corrected chi connectivity index (χ1v) is 13.6. The Labute approximate surface area is 181 Å². The van der Waals surface area contributed by atoms with E-state index in [9.17, 15) is 16.8 Å². The van der Waals surface area contributed by atoms with Crippen LogP contribution in [0.4, 0.5) is 0 Å². The van der Waals surface area contributed by atoms with E-state index in [0.717, 1.165) is 30.7 Å². The molecular weight excluding hydrogens is 428 g/mol. The van der Waals surface area contributed by atoms with Crippen LogP contribution in [0.5, 0.6) is 11.5 Å².